The van der Waals surface area contributed by atoms with E-state index < -0.39 is 5.91 Å². The molecule has 0 aliphatic carbocycles. The minimum absolute atomic E-state index is 0.0668. The molecule has 0 aromatic heterocycles. The molecule has 9 heteroatoms. The number of carbonyl (C=O) groups is 2. The van der Waals surface area contributed by atoms with Crippen LogP contribution >= 0.6 is 22.6 Å². The van der Waals surface area contributed by atoms with Crippen LogP contribution < -0.4 is 20.1 Å². The van der Waals surface area contributed by atoms with E-state index in [-0.39, 0.29) is 23.8 Å². The molecule has 0 aliphatic rings. The Kier molecular flexibility index (Phi) is 9.51. The second-order valence-corrected chi connectivity index (χ2v) is 9.18. The second-order valence-electron chi connectivity index (χ2n) is 8.02. The maximum absolute atomic E-state index is 12.6. The molecule has 0 bridgehead atoms. The Balaban J connectivity index is 1.77. The van der Waals surface area contributed by atoms with Gasteiger partial charge in [-0.05, 0) is 109 Å². The number of halogens is 1. The summed E-state index contributed by atoms with van der Waals surface area (Å²) in [4.78, 5) is 25.1. The topological polar surface area (TPSA) is 121 Å². The molecule has 0 unspecified atom stereocenters. The molecule has 8 nitrogen and oxygen atoms in total. The Bertz CT molecular complexity index is 1380. The highest BCUT2D eigenvalue weighted by atomic mass is 127. The van der Waals surface area contributed by atoms with Crippen LogP contribution in [0.25, 0.3) is 6.08 Å². The van der Waals surface area contributed by atoms with Crippen LogP contribution in [0.5, 0.6) is 17.2 Å². The Labute approximate surface area is 229 Å². The minimum atomic E-state index is -0.593. The molecule has 0 saturated carbocycles. The fourth-order valence-corrected chi connectivity index (χ4v) is 4.12. The lowest BCUT2D eigenvalue weighted by atomic mass is 10.1. The molecular formula is C28H26IN3O5. The molecule has 37 heavy (non-hydrogen) atoms. The van der Waals surface area contributed by atoms with Gasteiger partial charge in [0.15, 0.2) is 18.1 Å². The van der Waals surface area contributed by atoms with Gasteiger partial charge >= 0.3 is 0 Å². The number of ether oxygens (including phenoxy) is 2. The van der Waals surface area contributed by atoms with E-state index in [4.69, 9.17) is 9.47 Å². The van der Waals surface area contributed by atoms with Crippen molar-refractivity contribution < 1.29 is 24.2 Å². The number of nitriles is 1. The third-order valence-corrected chi connectivity index (χ3v) is 6.16. The molecule has 3 aromatic carbocycles. The highest BCUT2D eigenvalue weighted by Crippen LogP contribution is 2.35. The molecule has 0 heterocycles. The zero-order valence-electron chi connectivity index (χ0n) is 20.6. The van der Waals surface area contributed by atoms with Gasteiger partial charge in [-0.25, -0.2) is 0 Å². The van der Waals surface area contributed by atoms with Crippen LogP contribution in [0.1, 0.15) is 23.6 Å². The van der Waals surface area contributed by atoms with Crippen molar-refractivity contribution in [1.29, 1.82) is 5.26 Å². The molecule has 190 valence electrons. The molecule has 0 radical (unpaired) electrons. The summed E-state index contributed by atoms with van der Waals surface area (Å²) in [7, 11) is 0. The smallest absolute Gasteiger partial charge is 0.266 e. The zero-order chi connectivity index (χ0) is 26.9. The number of aryl methyl sites for hydroxylation is 1. The van der Waals surface area contributed by atoms with Gasteiger partial charge in [-0.1, -0.05) is 12.1 Å². The van der Waals surface area contributed by atoms with Gasteiger partial charge in [0.05, 0.1) is 10.2 Å². The van der Waals surface area contributed by atoms with Crippen molar-refractivity contribution in [3.8, 4) is 23.3 Å². The van der Waals surface area contributed by atoms with Gasteiger partial charge in [0.25, 0.3) is 11.8 Å². The number of amides is 2. The first-order valence-corrected chi connectivity index (χ1v) is 12.5. The van der Waals surface area contributed by atoms with Crippen molar-refractivity contribution in [2.75, 3.05) is 23.8 Å². The summed E-state index contributed by atoms with van der Waals surface area (Å²) >= 11 is 2.06. The van der Waals surface area contributed by atoms with Crippen LogP contribution in [0.4, 0.5) is 11.4 Å². The number of benzene rings is 3. The van der Waals surface area contributed by atoms with Gasteiger partial charge in [0.1, 0.15) is 17.4 Å². The summed E-state index contributed by atoms with van der Waals surface area (Å²) < 4.78 is 12.2. The molecule has 0 atom stereocenters. The molecule has 3 N–H and O–H groups in total. The Hall–Kier alpha value is -4.04. The van der Waals surface area contributed by atoms with Crippen LogP contribution in [0, 0.1) is 28.7 Å². The number of rotatable bonds is 9. The van der Waals surface area contributed by atoms with E-state index in [0.717, 1.165) is 16.8 Å². The van der Waals surface area contributed by atoms with Crippen molar-refractivity contribution in [2.24, 2.45) is 0 Å². The number of carbonyl (C=O) groups excluding carboxylic acids is 2. The van der Waals surface area contributed by atoms with E-state index in [1.165, 1.54) is 30.3 Å². The van der Waals surface area contributed by atoms with Gasteiger partial charge in [-0.2, -0.15) is 5.26 Å². The van der Waals surface area contributed by atoms with Gasteiger partial charge in [0, 0.05) is 11.4 Å². The Morgan fingerprint density at radius 3 is 2.49 bits per heavy atom. The number of nitrogens with zero attached hydrogens (tertiary/aromatic N) is 1. The first-order valence-electron chi connectivity index (χ1n) is 11.4. The number of hydrogen-bond acceptors (Lipinski definition) is 6. The molecule has 0 saturated heterocycles. The third kappa shape index (κ3) is 7.47. The summed E-state index contributed by atoms with van der Waals surface area (Å²) in [5.74, 6) is -0.0606. The maximum atomic E-state index is 12.6. The molecule has 3 aromatic rings. The first-order chi connectivity index (χ1) is 17.7. The predicted molar refractivity (Wildman–Crippen MR) is 151 cm³/mol. The summed E-state index contributed by atoms with van der Waals surface area (Å²) in [6.07, 6.45) is 1.44. The number of nitrogens with one attached hydrogen (secondary N) is 2. The second kappa shape index (κ2) is 12.8. The summed E-state index contributed by atoms with van der Waals surface area (Å²) in [5, 5.41) is 24.4. The van der Waals surface area contributed by atoms with Crippen LogP contribution in [0.2, 0.25) is 0 Å². The average molecular weight is 611 g/mol. The van der Waals surface area contributed by atoms with E-state index in [0.29, 0.717) is 32.9 Å². The van der Waals surface area contributed by atoms with Gasteiger partial charge in [0.2, 0.25) is 0 Å². The number of phenolic OH excluding ortho intramolecular Hbond substituents is 1. The molecule has 0 aliphatic heterocycles. The Morgan fingerprint density at radius 2 is 1.81 bits per heavy atom. The van der Waals surface area contributed by atoms with Crippen LogP contribution in [0.3, 0.4) is 0 Å². The fraction of sp³-hybridized carbons (Fsp3) is 0.179. The van der Waals surface area contributed by atoms with Gasteiger partial charge in [-0.15, -0.1) is 0 Å². The normalized spacial score (nSPS) is 10.8. The van der Waals surface area contributed by atoms with Crippen molar-refractivity contribution in [2.45, 2.75) is 20.8 Å². The van der Waals surface area contributed by atoms with E-state index in [2.05, 4.69) is 33.2 Å². The van der Waals surface area contributed by atoms with Crippen molar-refractivity contribution >= 4 is 51.9 Å². The predicted octanol–water partition coefficient (Wildman–Crippen LogP) is 5.58. The highest BCUT2D eigenvalue weighted by Gasteiger charge is 2.16. The number of aromatic hydroxyl groups is 1. The zero-order valence-corrected chi connectivity index (χ0v) is 22.8. The summed E-state index contributed by atoms with van der Waals surface area (Å²) in [6.45, 7) is 5.85. The highest BCUT2D eigenvalue weighted by molar-refractivity contribution is 14.1. The lowest BCUT2D eigenvalue weighted by Crippen LogP contribution is -2.21. The van der Waals surface area contributed by atoms with E-state index in [1.807, 2.05) is 45.0 Å². The van der Waals surface area contributed by atoms with E-state index in [9.17, 15) is 20.0 Å². The molecular weight excluding hydrogens is 585 g/mol. The van der Waals surface area contributed by atoms with Crippen LogP contribution in [-0.4, -0.2) is 30.1 Å². The number of phenols is 1. The summed E-state index contributed by atoms with van der Waals surface area (Å²) in [5.41, 5.74) is 3.66. The SMILES string of the molecule is CCOc1cc(/C=C(\C#N)C(=O)Nc2ccc(O)cc2)cc(I)c1OCC(=O)Nc1cccc(C)c1C. The average Bonchev–Trinajstić information content (AvgIpc) is 2.86. The van der Waals surface area contributed by atoms with E-state index >= 15 is 0 Å². The van der Waals surface area contributed by atoms with Gasteiger partial charge < -0.3 is 25.2 Å². The molecule has 0 spiro atoms. The fourth-order valence-electron chi connectivity index (χ4n) is 3.34. The minimum Gasteiger partial charge on any atom is -0.508 e. The number of hydrogen-bond donors (Lipinski definition) is 3. The standard InChI is InChI=1S/C28H26IN3O5/c1-4-36-25-14-19(12-20(15-30)28(35)31-21-8-10-22(33)11-9-21)13-23(29)27(25)37-16-26(34)32-24-7-5-6-17(2)18(24)3/h5-14,33H,4,16H2,1-3H3,(H,31,35)(H,32,34)/b20-12+. The van der Waals surface area contributed by atoms with Crippen LogP contribution in [-0.2, 0) is 9.59 Å². The summed E-state index contributed by atoms with van der Waals surface area (Å²) in [6, 6.07) is 16.9. The van der Waals surface area contributed by atoms with Crippen LogP contribution in [0.15, 0.2) is 60.2 Å². The monoisotopic (exact) mass is 611 g/mol. The quantitative estimate of drug-likeness (QED) is 0.126. The maximum Gasteiger partial charge on any atom is 0.266 e. The molecule has 2 amide bonds. The molecule has 3 rings (SSSR count). The van der Waals surface area contributed by atoms with E-state index in [1.54, 1.807) is 12.1 Å². The van der Waals surface area contributed by atoms with Crippen molar-refractivity contribution in [3.05, 3.63) is 80.4 Å². The van der Waals surface area contributed by atoms with Crippen molar-refractivity contribution in [3.63, 3.8) is 0 Å². The largest absolute Gasteiger partial charge is 0.508 e. The third-order valence-electron chi connectivity index (χ3n) is 5.36. The Morgan fingerprint density at radius 1 is 1.08 bits per heavy atom. The van der Waals surface area contributed by atoms with Crippen molar-refractivity contribution in [1.82, 2.24) is 0 Å². The first kappa shape index (κ1) is 27.5. The van der Waals surface area contributed by atoms with Gasteiger partial charge in [-0.3, -0.25) is 9.59 Å². The lowest BCUT2D eigenvalue weighted by Gasteiger charge is -2.15. The molecule has 0 fully saturated rings. The lowest BCUT2D eigenvalue weighted by molar-refractivity contribution is -0.118. The number of anilines is 2.